The number of hydrogen-bond acceptors (Lipinski definition) is 4. The summed E-state index contributed by atoms with van der Waals surface area (Å²) in [5.41, 5.74) is 4.23. The first-order valence-corrected chi connectivity index (χ1v) is 10.4. The molecule has 0 unspecified atom stereocenters. The van der Waals surface area contributed by atoms with E-state index < -0.39 is 0 Å². The first-order chi connectivity index (χ1) is 14.9. The fourth-order valence-corrected chi connectivity index (χ4v) is 3.40. The van der Waals surface area contributed by atoms with Crippen molar-refractivity contribution in [2.75, 3.05) is 6.61 Å². The Morgan fingerprint density at radius 3 is 2.52 bits per heavy atom. The maximum atomic E-state index is 11.0. The van der Waals surface area contributed by atoms with Crippen LogP contribution in [0.2, 0.25) is 0 Å². The predicted molar refractivity (Wildman–Crippen MR) is 127 cm³/mol. The number of allylic oxidation sites excluding steroid dienone is 1. The Balaban J connectivity index is 1.67. The maximum Gasteiger partial charge on any atom is 0.219 e. The zero-order valence-corrected chi connectivity index (χ0v) is 18.1. The Kier molecular flexibility index (Phi) is 5.87. The van der Waals surface area contributed by atoms with E-state index in [0.717, 1.165) is 22.4 Å². The molecular weight excluding hydrogens is 386 g/mol. The lowest BCUT2D eigenvalue weighted by Gasteiger charge is -2.20. The van der Waals surface area contributed by atoms with E-state index in [2.05, 4.69) is 4.99 Å². The summed E-state index contributed by atoms with van der Waals surface area (Å²) in [7, 11) is 0. The molecule has 1 aromatic heterocycles. The predicted octanol–water partition coefficient (Wildman–Crippen LogP) is 5.83. The van der Waals surface area contributed by atoms with E-state index in [-0.39, 0.29) is 11.5 Å². The third kappa shape index (κ3) is 5.01. The van der Waals surface area contributed by atoms with Gasteiger partial charge in [0.25, 0.3) is 0 Å². The topological polar surface area (TPSA) is 59.6 Å². The molecule has 0 saturated heterocycles. The molecule has 1 aliphatic heterocycles. The summed E-state index contributed by atoms with van der Waals surface area (Å²) in [6.45, 7) is 7.02. The zero-order valence-electron chi connectivity index (χ0n) is 18.1. The summed E-state index contributed by atoms with van der Waals surface area (Å²) in [6, 6.07) is 18.0. The number of para-hydroxylation sites is 1. The molecule has 2 heterocycles. The number of ether oxygens (including phenoxy) is 1. The number of aromatic hydroxyl groups is 1. The Labute approximate surface area is 183 Å². The average molecular weight is 414 g/mol. The van der Waals surface area contributed by atoms with E-state index in [1.54, 1.807) is 4.57 Å². The minimum Gasteiger partial charge on any atom is -0.493 e. The van der Waals surface area contributed by atoms with Crippen molar-refractivity contribution in [2.45, 2.75) is 32.9 Å². The van der Waals surface area contributed by atoms with Crippen molar-refractivity contribution in [3.05, 3.63) is 77.2 Å². The van der Waals surface area contributed by atoms with Gasteiger partial charge in [0.2, 0.25) is 5.88 Å². The van der Waals surface area contributed by atoms with Crippen LogP contribution in [0.1, 0.15) is 43.4 Å². The Bertz CT molecular complexity index is 1150. The monoisotopic (exact) mass is 413 g/mol. The third-order valence-corrected chi connectivity index (χ3v) is 4.92. The summed E-state index contributed by atoms with van der Waals surface area (Å²) >= 11 is 0. The van der Waals surface area contributed by atoms with Crippen LogP contribution in [0.4, 0.5) is 5.69 Å². The van der Waals surface area contributed by atoms with E-state index in [0.29, 0.717) is 24.7 Å². The molecule has 3 aromatic rings. The number of aromatic nitrogens is 2. The van der Waals surface area contributed by atoms with Gasteiger partial charge in [0.15, 0.2) is 0 Å². The van der Waals surface area contributed by atoms with Gasteiger partial charge < -0.3 is 9.84 Å². The molecule has 0 saturated carbocycles. The molecular formula is C26H27N3O2. The van der Waals surface area contributed by atoms with Crippen molar-refractivity contribution in [1.29, 1.82) is 0 Å². The van der Waals surface area contributed by atoms with Crippen LogP contribution in [0.5, 0.6) is 5.88 Å². The molecule has 0 aliphatic carbocycles. The summed E-state index contributed by atoms with van der Waals surface area (Å²) in [6.07, 6.45) is 7.61. The van der Waals surface area contributed by atoms with Crippen molar-refractivity contribution in [1.82, 2.24) is 9.55 Å². The fourth-order valence-electron chi connectivity index (χ4n) is 3.40. The molecule has 5 heteroatoms. The molecule has 0 radical (unpaired) electrons. The minimum absolute atomic E-state index is 0.121. The first kappa shape index (κ1) is 20.8. The molecule has 1 N–H and O–H groups in total. The van der Waals surface area contributed by atoms with Gasteiger partial charge in [0.1, 0.15) is 11.5 Å². The van der Waals surface area contributed by atoms with Crippen molar-refractivity contribution >= 4 is 35.7 Å². The van der Waals surface area contributed by atoms with Crippen LogP contribution in [-0.2, 0) is 11.3 Å². The first-order valence-electron chi connectivity index (χ1n) is 10.4. The highest BCUT2D eigenvalue weighted by Gasteiger charge is 2.18. The second kappa shape index (κ2) is 8.74. The Hall–Kier alpha value is -3.44. The lowest BCUT2D eigenvalue weighted by molar-refractivity contribution is -0.00745. The van der Waals surface area contributed by atoms with E-state index in [1.807, 2.05) is 99.8 Å². The van der Waals surface area contributed by atoms with Crippen LogP contribution in [0.3, 0.4) is 0 Å². The number of imidazole rings is 1. The van der Waals surface area contributed by atoms with Gasteiger partial charge in [-0.25, -0.2) is 4.98 Å². The molecule has 5 nitrogen and oxygen atoms in total. The quantitative estimate of drug-likeness (QED) is 0.553. The molecule has 0 atom stereocenters. The summed E-state index contributed by atoms with van der Waals surface area (Å²) in [5, 5.41) is 11.0. The Morgan fingerprint density at radius 1 is 1.00 bits per heavy atom. The molecule has 0 amide bonds. The Morgan fingerprint density at radius 2 is 1.74 bits per heavy atom. The number of rotatable bonds is 6. The van der Waals surface area contributed by atoms with Crippen molar-refractivity contribution < 1.29 is 9.84 Å². The number of hydrogen-bond donors (Lipinski definition) is 1. The summed E-state index contributed by atoms with van der Waals surface area (Å²) in [5.74, 6) is 0.796. The van der Waals surface area contributed by atoms with Gasteiger partial charge in [0.05, 0.1) is 24.4 Å². The van der Waals surface area contributed by atoms with E-state index >= 15 is 0 Å². The third-order valence-electron chi connectivity index (χ3n) is 4.92. The summed E-state index contributed by atoms with van der Waals surface area (Å²) < 4.78 is 7.66. The van der Waals surface area contributed by atoms with Gasteiger partial charge >= 0.3 is 0 Å². The molecule has 4 rings (SSSR count). The van der Waals surface area contributed by atoms with Crippen LogP contribution in [0.25, 0.3) is 23.8 Å². The van der Waals surface area contributed by atoms with Crippen molar-refractivity contribution in [2.24, 2.45) is 4.99 Å². The number of fused-ring (bicyclic) bond motifs is 1. The van der Waals surface area contributed by atoms with Gasteiger partial charge in [-0.1, -0.05) is 54.6 Å². The summed E-state index contributed by atoms with van der Waals surface area (Å²) in [4.78, 5) is 9.15. The normalized spacial score (nSPS) is 14.6. The number of benzene rings is 2. The highest BCUT2D eigenvalue weighted by molar-refractivity contribution is 6.21. The van der Waals surface area contributed by atoms with Gasteiger partial charge in [-0.05, 0) is 44.6 Å². The van der Waals surface area contributed by atoms with Gasteiger partial charge in [-0.15, -0.1) is 0 Å². The van der Waals surface area contributed by atoms with Gasteiger partial charge in [0, 0.05) is 17.4 Å². The van der Waals surface area contributed by atoms with Crippen LogP contribution in [0.15, 0.2) is 59.6 Å². The molecule has 0 bridgehead atoms. The van der Waals surface area contributed by atoms with Crippen LogP contribution >= 0.6 is 0 Å². The van der Waals surface area contributed by atoms with E-state index in [1.165, 1.54) is 0 Å². The zero-order chi connectivity index (χ0) is 21.8. The fraction of sp³-hybridized carbons (Fsp3) is 0.231. The smallest absolute Gasteiger partial charge is 0.219 e. The number of nitrogens with zero attached hydrogens (tertiary/aromatic N) is 3. The van der Waals surface area contributed by atoms with Crippen LogP contribution < -0.4 is 0 Å². The largest absolute Gasteiger partial charge is 0.493 e. The molecule has 31 heavy (non-hydrogen) atoms. The van der Waals surface area contributed by atoms with E-state index in [4.69, 9.17) is 9.72 Å². The van der Waals surface area contributed by atoms with Crippen molar-refractivity contribution in [3.63, 3.8) is 0 Å². The SMILES string of the molecule is CC(C)(C)OCCn1c(/C=C/c2ccccc2)nc(C=C2C=Nc3ccccc32)c1O. The lowest BCUT2D eigenvalue weighted by Crippen LogP contribution is -2.22. The second-order valence-electron chi connectivity index (χ2n) is 8.41. The average Bonchev–Trinajstić information content (AvgIpc) is 3.29. The van der Waals surface area contributed by atoms with Gasteiger partial charge in [-0.2, -0.15) is 0 Å². The molecule has 1 aliphatic rings. The van der Waals surface area contributed by atoms with Crippen LogP contribution in [0, 0.1) is 0 Å². The second-order valence-corrected chi connectivity index (χ2v) is 8.41. The highest BCUT2D eigenvalue weighted by Crippen LogP contribution is 2.33. The standard InChI is InChI=1S/C26H27N3O2/c1-26(2,3)31-16-15-29-24(14-13-19-9-5-4-6-10-19)28-23(25(29)30)17-20-18-27-22-12-8-7-11-21(20)22/h4-14,17-18,30H,15-16H2,1-3H3/b14-13+,20-17?. The number of aliphatic imine (C=N–C) groups is 1. The maximum absolute atomic E-state index is 11.0. The highest BCUT2D eigenvalue weighted by atomic mass is 16.5. The van der Waals surface area contributed by atoms with Crippen molar-refractivity contribution in [3.8, 4) is 5.88 Å². The van der Waals surface area contributed by atoms with Gasteiger partial charge in [-0.3, -0.25) is 9.56 Å². The molecule has 0 fully saturated rings. The van der Waals surface area contributed by atoms with E-state index in [9.17, 15) is 5.11 Å². The van der Waals surface area contributed by atoms with Crippen LogP contribution in [-0.4, -0.2) is 33.1 Å². The molecule has 158 valence electrons. The minimum atomic E-state index is -0.245. The lowest BCUT2D eigenvalue weighted by atomic mass is 10.1. The molecule has 0 spiro atoms. The molecule has 2 aromatic carbocycles.